The Morgan fingerprint density at radius 2 is 1.71 bits per heavy atom. The van der Waals surface area contributed by atoms with E-state index in [-0.39, 0.29) is 11.8 Å². The Morgan fingerprint density at radius 1 is 0.935 bits per heavy atom. The Morgan fingerprint density at radius 3 is 2.45 bits per heavy atom. The molecule has 7 nitrogen and oxygen atoms in total. The molecule has 8 heteroatoms. The van der Waals surface area contributed by atoms with Crippen LogP contribution in [0.5, 0.6) is 11.8 Å². The fourth-order valence-electron chi connectivity index (χ4n) is 3.16. The van der Waals surface area contributed by atoms with Gasteiger partial charge in [0.15, 0.2) is 19.3 Å². The molecule has 0 unspecified atom stereocenters. The summed E-state index contributed by atoms with van der Waals surface area (Å²) in [6.45, 7) is 3.65. The Balaban J connectivity index is 1.50. The number of hydrogen-bond donors (Lipinski definition) is 1. The summed E-state index contributed by atoms with van der Waals surface area (Å²) in [6, 6.07) is 18.2. The van der Waals surface area contributed by atoms with E-state index < -0.39 is 0 Å². The van der Waals surface area contributed by atoms with Gasteiger partial charge >= 0.3 is 6.01 Å². The molecular weight excluding hydrogens is 389 g/mol. The summed E-state index contributed by atoms with van der Waals surface area (Å²) in [4.78, 5) is 13.0. The summed E-state index contributed by atoms with van der Waals surface area (Å²) in [6.07, 6.45) is 1.94. The van der Waals surface area contributed by atoms with Crippen molar-refractivity contribution in [2.24, 2.45) is 0 Å². The number of imidazole rings is 1. The standard InChI is InChI=1S/C23H24BN5O2/c1-2-3-13-30-23-27-20(25)19-21(28-23)29(22(24)26-19)14-16-9-11-18(12-10-16)31-15-17-7-5-4-6-8-17/h4-12H,2-3,13-15H2,1H3,(H2,25,27,28). The molecule has 0 aliphatic rings. The molecule has 31 heavy (non-hydrogen) atoms. The Hall–Kier alpha value is -3.55. The summed E-state index contributed by atoms with van der Waals surface area (Å²) in [5.74, 6) is 1.06. The van der Waals surface area contributed by atoms with Crippen molar-refractivity contribution < 1.29 is 9.47 Å². The number of nitrogen functional groups attached to an aromatic ring is 1. The van der Waals surface area contributed by atoms with Crippen LogP contribution in [-0.4, -0.2) is 34.0 Å². The lowest BCUT2D eigenvalue weighted by Gasteiger charge is -2.10. The topological polar surface area (TPSA) is 88.1 Å². The molecule has 2 aromatic heterocycles. The van der Waals surface area contributed by atoms with Gasteiger partial charge in [0.25, 0.3) is 0 Å². The van der Waals surface area contributed by atoms with E-state index in [0.717, 1.165) is 29.7 Å². The predicted octanol–water partition coefficient (Wildman–Crippen LogP) is 3.01. The lowest BCUT2D eigenvalue weighted by Crippen LogP contribution is -2.20. The van der Waals surface area contributed by atoms with Gasteiger partial charge in [0.2, 0.25) is 0 Å². The summed E-state index contributed by atoms with van der Waals surface area (Å²) in [5, 5.41) is 0. The van der Waals surface area contributed by atoms with Gasteiger partial charge in [-0.25, -0.2) is 4.98 Å². The molecule has 0 saturated carbocycles. The quantitative estimate of drug-likeness (QED) is 0.335. The second kappa shape index (κ2) is 9.51. The summed E-state index contributed by atoms with van der Waals surface area (Å²) in [7, 11) is 6.15. The minimum atomic E-state index is 0.240. The van der Waals surface area contributed by atoms with Gasteiger partial charge in [0.1, 0.15) is 17.9 Å². The van der Waals surface area contributed by atoms with Crippen LogP contribution in [0.15, 0.2) is 54.6 Å². The Kier molecular flexibility index (Phi) is 6.36. The van der Waals surface area contributed by atoms with Gasteiger partial charge in [-0.2, -0.15) is 9.97 Å². The minimum Gasteiger partial charge on any atom is -0.489 e. The molecule has 2 heterocycles. The number of fused-ring (bicyclic) bond motifs is 1. The van der Waals surface area contributed by atoms with E-state index in [0.29, 0.717) is 36.6 Å². The number of hydrogen-bond acceptors (Lipinski definition) is 6. The molecule has 0 aliphatic heterocycles. The molecule has 0 amide bonds. The first-order valence-corrected chi connectivity index (χ1v) is 10.3. The number of ether oxygens (including phenoxy) is 2. The zero-order chi connectivity index (χ0) is 21.6. The van der Waals surface area contributed by atoms with Gasteiger partial charge < -0.3 is 19.8 Å². The van der Waals surface area contributed by atoms with E-state index in [1.54, 1.807) is 4.57 Å². The average molecular weight is 413 g/mol. The second-order valence-corrected chi connectivity index (χ2v) is 7.24. The highest BCUT2D eigenvalue weighted by molar-refractivity contribution is 6.30. The molecule has 4 rings (SSSR count). The molecule has 2 aromatic carbocycles. The molecule has 0 spiro atoms. The predicted molar refractivity (Wildman–Crippen MR) is 122 cm³/mol. The fraction of sp³-hybridized carbons (Fsp3) is 0.261. The molecular formula is C23H24BN5O2. The Bertz CT molecular complexity index is 1150. The minimum absolute atomic E-state index is 0.240. The number of nitrogens with zero attached hydrogens (tertiary/aromatic N) is 4. The van der Waals surface area contributed by atoms with E-state index in [1.807, 2.05) is 54.6 Å². The van der Waals surface area contributed by atoms with Gasteiger partial charge in [-0.15, -0.1) is 0 Å². The highest BCUT2D eigenvalue weighted by atomic mass is 16.5. The van der Waals surface area contributed by atoms with Crippen LogP contribution in [0.4, 0.5) is 5.82 Å². The van der Waals surface area contributed by atoms with Crippen molar-refractivity contribution in [3.05, 3.63) is 65.7 Å². The smallest absolute Gasteiger partial charge is 0.320 e. The van der Waals surface area contributed by atoms with E-state index in [2.05, 4.69) is 21.9 Å². The largest absolute Gasteiger partial charge is 0.489 e. The SMILES string of the molecule is [B]c1nc2c(N)nc(OCCCC)nc2n1Cc1ccc(OCc2ccccc2)cc1. The van der Waals surface area contributed by atoms with Crippen LogP contribution < -0.4 is 20.9 Å². The van der Waals surface area contributed by atoms with E-state index in [9.17, 15) is 0 Å². The Labute approximate surface area is 182 Å². The van der Waals surface area contributed by atoms with Crippen molar-refractivity contribution in [2.45, 2.75) is 32.9 Å². The molecule has 156 valence electrons. The first-order chi connectivity index (χ1) is 15.1. The normalized spacial score (nSPS) is 11.0. The van der Waals surface area contributed by atoms with Crippen molar-refractivity contribution >= 4 is 30.6 Å². The maximum Gasteiger partial charge on any atom is 0.320 e. The first kappa shape index (κ1) is 20.7. The van der Waals surface area contributed by atoms with Gasteiger partial charge in [-0.3, -0.25) is 0 Å². The van der Waals surface area contributed by atoms with E-state index in [1.165, 1.54) is 0 Å². The van der Waals surface area contributed by atoms with Crippen molar-refractivity contribution in [2.75, 3.05) is 12.3 Å². The molecule has 0 bridgehead atoms. The van der Waals surface area contributed by atoms with Crippen molar-refractivity contribution in [3.63, 3.8) is 0 Å². The van der Waals surface area contributed by atoms with Crippen LogP contribution in [0.1, 0.15) is 30.9 Å². The lowest BCUT2D eigenvalue weighted by molar-refractivity contribution is 0.286. The average Bonchev–Trinajstić information content (AvgIpc) is 3.10. The third-order valence-corrected chi connectivity index (χ3v) is 4.87. The van der Waals surface area contributed by atoms with Gasteiger partial charge in [-0.1, -0.05) is 55.8 Å². The van der Waals surface area contributed by atoms with Crippen molar-refractivity contribution in [1.82, 2.24) is 19.5 Å². The molecule has 0 atom stereocenters. The van der Waals surface area contributed by atoms with Crippen LogP contribution in [0.25, 0.3) is 11.2 Å². The van der Waals surface area contributed by atoms with Gasteiger partial charge in [-0.05, 0) is 29.7 Å². The summed E-state index contributed by atoms with van der Waals surface area (Å²) < 4.78 is 13.3. The highest BCUT2D eigenvalue weighted by Crippen LogP contribution is 2.20. The number of anilines is 1. The number of unbranched alkanes of at least 4 members (excludes halogenated alkanes) is 1. The van der Waals surface area contributed by atoms with E-state index >= 15 is 0 Å². The lowest BCUT2D eigenvalue weighted by atomic mass is 10.1. The van der Waals surface area contributed by atoms with Crippen LogP contribution in [-0.2, 0) is 13.2 Å². The monoisotopic (exact) mass is 413 g/mol. The zero-order valence-corrected chi connectivity index (χ0v) is 17.5. The molecule has 2 N–H and O–H groups in total. The summed E-state index contributed by atoms with van der Waals surface area (Å²) >= 11 is 0. The number of aromatic nitrogens is 4. The fourth-order valence-corrected chi connectivity index (χ4v) is 3.16. The van der Waals surface area contributed by atoms with Gasteiger partial charge in [0.05, 0.1) is 12.3 Å². The number of nitrogens with two attached hydrogens (primary N) is 1. The molecule has 4 aromatic rings. The van der Waals surface area contributed by atoms with Crippen LogP contribution in [0, 0.1) is 0 Å². The van der Waals surface area contributed by atoms with Crippen molar-refractivity contribution in [1.29, 1.82) is 0 Å². The van der Waals surface area contributed by atoms with E-state index in [4.69, 9.17) is 23.1 Å². The third kappa shape index (κ3) is 4.96. The first-order valence-electron chi connectivity index (χ1n) is 10.3. The summed E-state index contributed by atoms with van der Waals surface area (Å²) in [5.41, 5.74) is 9.57. The molecule has 0 aliphatic carbocycles. The van der Waals surface area contributed by atoms with Crippen LogP contribution in [0.2, 0.25) is 0 Å². The third-order valence-electron chi connectivity index (χ3n) is 4.87. The molecule has 0 fully saturated rings. The van der Waals surface area contributed by atoms with Gasteiger partial charge in [0, 0.05) is 6.54 Å². The van der Waals surface area contributed by atoms with Crippen LogP contribution >= 0.6 is 0 Å². The number of benzene rings is 2. The molecule has 2 radical (unpaired) electrons. The zero-order valence-electron chi connectivity index (χ0n) is 17.5. The maximum atomic E-state index is 6.15. The highest BCUT2D eigenvalue weighted by Gasteiger charge is 2.15. The van der Waals surface area contributed by atoms with Crippen LogP contribution in [0.3, 0.4) is 0 Å². The second-order valence-electron chi connectivity index (χ2n) is 7.24. The maximum absolute atomic E-state index is 6.15. The van der Waals surface area contributed by atoms with Crippen molar-refractivity contribution in [3.8, 4) is 11.8 Å². The molecule has 0 saturated heterocycles. The number of rotatable bonds is 9.